The molecular weight excluding hydrogens is 316 g/mol. The Kier molecular flexibility index (Phi) is 6.49. The quantitative estimate of drug-likeness (QED) is 0.835. The van der Waals surface area contributed by atoms with Crippen molar-refractivity contribution in [2.24, 2.45) is 0 Å². The molecule has 0 radical (unpaired) electrons. The lowest BCUT2D eigenvalue weighted by molar-refractivity contribution is 0.0867. The molecule has 1 heterocycles. The molecule has 0 bridgehead atoms. The van der Waals surface area contributed by atoms with Crippen molar-refractivity contribution < 1.29 is 5.11 Å². The molecule has 2 unspecified atom stereocenters. The number of rotatable bonds is 6. The summed E-state index contributed by atoms with van der Waals surface area (Å²) < 4.78 is 1.12. The highest BCUT2D eigenvalue weighted by Crippen LogP contribution is 2.22. The Morgan fingerprint density at radius 2 is 2.10 bits per heavy atom. The number of aliphatic hydroxyl groups is 1. The molecule has 4 heteroatoms. The number of benzene rings is 1. The predicted molar refractivity (Wildman–Crippen MR) is 86.9 cm³/mol. The first kappa shape index (κ1) is 16.0. The minimum absolute atomic E-state index is 0.294. The van der Waals surface area contributed by atoms with E-state index in [0.29, 0.717) is 18.7 Å². The summed E-state index contributed by atoms with van der Waals surface area (Å²) in [5.74, 6) is 0. The van der Waals surface area contributed by atoms with Crippen molar-refractivity contribution in [2.75, 3.05) is 26.7 Å². The fraction of sp³-hybridized carbons (Fsp3) is 0.625. The van der Waals surface area contributed by atoms with E-state index in [0.717, 1.165) is 30.4 Å². The topological polar surface area (TPSA) is 35.5 Å². The molecule has 3 nitrogen and oxygen atoms in total. The van der Waals surface area contributed by atoms with Gasteiger partial charge in [0.05, 0.1) is 6.61 Å². The molecule has 112 valence electrons. The molecule has 1 fully saturated rings. The minimum Gasteiger partial charge on any atom is -0.395 e. The lowest BCUT2D eigenvalue weighted by Crippen LogP contribution is -2.43. The van der Waals surface area contributed by atoms with E-state index in [2.05, 4.69) is 50.4 Å². The Labute approximate surface area is 130 Å². The number of nitrogens with zero attached hydrogens (tertiary/aromatic N) is 1. The van der Waals surface area contributed by atoms with Crippen LogP contribution in [0.1, 0.15) is 37.3 Å². The molecule has 2 rings (SSSR count). The maximum Gasteiger partial charge on any atom is 0.0586 e. The van der Waals surface area contributed by atoms with E-state index in [4.69, 9.17) is 0 Å². The fourth-order valence-electron chi connectivity index (χ4n) is 3.03. The van der Waals surface area contributed by atoms with Crippen LogP contribution in [0.4, 0.5) is 0 Å². The summed E-state index contributed by atoms with van der Waals surface area (Å²) in [7, 11) is 2.02. The van der Waals surface area contributed by atoms with Crippen molar-refractivity contribution in [3.63, 3.8) is 0 Å². The van der Waals surface area contributed by atoms with Crippen LogP contribution < -0.4 is 5.32 Å². The molecule has 2 atom stereocenters. The van der Waals surface area contributed by atoms with Gasteiger partial charge in [-0.3, -0.25) is 4.90 Å². The van der Waals surface area contributed by atoms with Gasteiger partial charge in [0.2, 0.25) is 0 Å². The van der Waals surface area contributed by atoms with Crippen LogP contribution in [0, 0.1) is 0 Å². The highest BCUT2D eigenvalue weighted by atomic mass is 79.9. The number of likely N-dealkylation sites (tertiary alicyclic amines) is 1. The van der Waals surface area contributed by atoms with Crippen molar-refractivity contribution in [1.29, 1.82) is 0 Å². The SMILES string of the molecule is CNC(CCN1CCCCC1CO)c1ccc(Br)cc1. The number of piperidine rings is 1. The summed E-state index contributed by atoms with van der Waals surface area (Å²) in [6.07, 6.45) is 4.73. The maximum absolute atomic E-state index is 9.47. The zero-order valence-corrected chi connectivity index (χ0v) is 13.8. The van der Waals surface area contributed by atoms with Crippen LogP contribution in [0.3, 0.4) is 0 Å². The van der Waals surface area contributed by atoms with E-state index in [-0.39, 0.29) is 0 Å². The zero-order valence-electron chi connectivity index (χ0n) is 12.2. The Morgan fingerprint density at radius 1 is 1.35 bits per heavy atom. The van der Waals surface area contributed by atoms with E-state index in [1.54, 1.807) is 0 Å². The van der Waals surface area contributed by atoms with E-state index in [1.165, 1.54) is 18.4 Å². The molecule has 0 aliphatic carbocycles. The van der Waals surface area contributed by atoms with E-state index < -0.39 is 0 Å². The van der Waals surface area contributed by atoms with E-state index >= 15 is 0 Å². The van der Waals surface area contributed by atoms with Crippen LogP contribution in [0.15, 0.2) is 28.7 Å². The summed E-state index contributed by atoms with van der Waals surface area (Å²) in [6.45, 7) is 2.47. The molecule has 2 N–H and O–H groups in total. The third-order valence-electron chi connectivity index (χ3n) is 4.29. The van der Waals surface area contributed by atoms with Crippen molar-refractivity contribution in [1.82, 2.24) is 10.2 Å². The largest absolute Gasteiger partial charge is 0.395 e. The number of nitrogens with one attached hydrogen (secondary N) is 1. The summed E-state index contributed by atoms with van der Waals surface area (Å²) in [5, 5.41) is 12.9. The molecule has 1 aromatic carbocycles. The lowest BCUT2D eigenvalue weighted by Gasteiger charge is -2.35. The monoisotopic (exact) mass is 340 g/mol. The Bertz CT molecular complexity index is 396. The van der Waals surface area contributed by atoms with Gasteiger partial charge in [0, 0.05) is 23.1 Å². The normalized spacial score (nSPS) is 21.9. The molecule has 20 heavy (non-hydrogen) atoms. The van der Waals surface area contributed by atoms with Crippen LogP contribution in [0.2, 0.25) is 0 Å². The van der Waals surface area contributed by atoms with Gasteiger partial charge >= 0.3 is 0 Å². The Hall–Kier alpha value is -0.420. The summed E-state index contributed by atoms with van der Waals surface area (Å²) in [5.41, 5.74) is 1.33. The maximum atomic E-state index is 9.47. The number of halogens is 1. The van der Waals surface area contributed by atoms with Crippen LogP contribution in [-0.2, 0) is 0 Å². The molecule has 0 saturated carbocycles. The standard InChI is InChI=1S/C16H25BrN2O/c1-18-16(13-5-7-14(17)8-6-13)9-11-19-10-3-2-4-15(19)12-20/h5-8,15-16,18,20H,2-4,9-12H2,1H3. The van der Waals surface area contributed by atoms with Crippen LogP contribution in [-0.4, -0.2) is 42.8 Å². The van der Waals surface area contributed by atoms with Crippen molar-refractivity contribution in [3.8, 4) is 0 Å². The Balaban J connectivity index is 1.91. The predicted octanol–water partition coefficient (Wildman–Crippen LogP) is 2.95. The third-order valence-corrected chi connectivity index (χ3v) is 4.81. The summed E-state index contributed by atoms with van der Waals surface area (Å²) in [6, 6.07) is 9.28. The van der Waals surface area contributed by atoms with Gasteiger partial charge in [0.1, 0.15) is 0 Å². The average molecular weight is 341 g/mol. The molecular formula is C16H25BrN2O. The number of hydrogen-bond acceptors (Lipinski definition) is 3. The second-order valence-electron chi connectivity index (χ2n) is 5.55. The van der Waals surface area contributed by atoms with Gasteiger partial charge in [-0.1, -0.05) is 34.5 Å². The highest BCUT2D eigenvalue weighted by Gasteiger charge is 2.22. The summed E-state index contributed by atoms with van der Waals surface area (Å²) >= 11 is 3.48. The first-order valence-electron chi connectivity index (χ1n) is 7.52. The van der Waals surface area contributed by atoms with Crippen molar-refractivity contribution >= 4 is 15.9 Å². The van der Waals surface area contributed by atoms with Crippen LogP contribution in [0.25, 0.3) is 0 Å². The van der Waals surface area contributed by atoms with E-state index in [9.17, 15) is 5.11 Å². The lowest BCUT2D eigenvalue weighted by atomic mass is 10.00. The smallest absolute Gasteiger partial charge is 0.0586 e. The molecule has 1 aromatic rings. The van der Waals surface area contributed by atoms with Gasteiger partial charge in [0.25, 0.3) is 0 Å². The van der Waals surface area contributed by atoms with Crippen molar-refractivity contribution in [3.05, 3.63) is 34.3 Å². The molecule has 0 aromatic heterocycles. The molecule has 0 amide bonds. The van der Waals surface area contributed by atoms with Crippen molar-refractivity contribution in [2.45, 2.75) is 37.8 Å². The summed E-state index contributed by atoms with van der Waals surface area (Å²) in [4.78, 5) is 2.45. The van der Waals surface area contributed by atoms with Crippen LogP contribution >= 0.6 is 15.9 Å². The second-order valence-corrected chi connectivity index (χ2v) is 6.47. The van der Waals surface area contributed by atoms with Gasteiger partial charge in [0.15, 0.2) is 0 Å². The Morgan fingerprint density at radius 3 is 2.75 bits per heavy atom. The van der Waals surface area contributed by atoms with Gasteiger partial charge in [-0.2, -0.15) is 0 Å². The molecule has 1 saturated heterocycles. The number of aliphatic hydroxyl groups excluding tert-OH is 1. The van der Waals surface area contributed by atoms with Gasteiger partial charge in [-0.15, -0.1) is 0 Å². The fourth-order valence-corrected chi connectivity index (χ4v) is 3.29. The van der Waals surface area contributed by atoms with Gasteiger partial charge < -0.3 is 10.4 Å². The first-order valence-corrected chi connectivity index (χ1v) is 8.31. The minimum atomic E-state index is 0.294. The average Bonchev–Trinajstić information content (AvgIpc) is 2.50. The highest BCUT2D eigenvalue weighted by molar-refractivity contribution is 9.10. The molecule has 1 aliphatic rings. The van der Waals surface area contributed by atoms with Crippen LogP contribution in [0.5, 0.6) is 0 Å². The second kappa shape index (κ2) is 8.13. The zero-order chi connectivity index (χ0) is 14.4. The third kappa shape index (κ3) is 4.29. The van der Waals surface area contributed by atoms with Gasteiger partial charge in [-0.25, -0.2) is 0 Å². The van der Waals surface area contributed by atoms with E-state index in [1.807, 2.05) is 7.05 Å². The molecule has 0 spiro atoms. The molecule has 1 aliphatic heterocycles. The van der Waals surface area contributed by atoms with Gasteiger partial charge in [-0.05, 0) is 50.6 Å². The first-order chi connectivity index (χ1) is 9.74. The number of hydrogen-bond donors (Lipinski definition) is 2.